The van der Waals surface area contributed by atoms with Crippen LogP contribution < -0.4 is 10.1 Å². The normalized spacial score (nSPS) is 21.6. The smallest absolute Gasteiger partial charge is 0.306 e. The third kappa shape index (κ3) is 3.65. The average molecular weight is 293 g/mol. The monoisotopic (exact) mass is 293 g/mol. The first-order chi connectivity index (χ1) is 10.0. The van der Waals surface area contributed by atoms with Crippen LogP contribution in [-0.4, -0.2) is 35.2 Å². The Kier molecular flexibility index (Phi) is 4.67. The van der Waals surface area contributed by atoms with Crippen LogP contribution in [-0.2, 0) is 4.79 Å². The zero-order valence-electron chi connectivity index (χ0n) is 11.8. The minimum absolute atomic E-state index is 0.0163. The number of aliphatic carboxylic acids is 1. The molecule has 1 saturated carbocycles. The van der Waals surface area contributed by atoms with E-state index in [1.165, 1.54) is 19.2 Å². The van der Waals surface area contributed by atoms with E-state index >= 15 is 0 Å². The van der Waals surface area contributed by atoms with E-state index in [0.29, 0.717) is 37.0 Å². The number of amides is 1. The molecule has 1 aliphatic rings. The maximum atomic E-state index is 12.1. The summed E-state index contributed by atoms with van der Waals surface area (Å²) >= 11 is 0. The number of hydrogen-bond donors (Lipinski definition) is 3. The van der Waals surface area contributed by atoms with Crippen LogP contribution in [0.5, 0.6) is 11.5 Å². The molecule has 0 unspecified atom stereocenters. The van der Waals surface area contributed by atoms with Gasteiger partial charge in [0.1, 0.15) is 0 Å². The zero-order chi connectivity index (χ0) is 15.4. The summed E-state index contributed by atoms with van der Waals surface area (Å²) in [6.45, 7) is 0. The van der Waals surface area contributed by atoms with Gasteiger partial charge in [0.05, 0.1) is 13.0 Å². The van der Waals surface area contributed by atoms with Crippen molar-refractivity contribution in [3.63, 3.8) is 0 Å². The van der Waals surface area contributed by atoms with Gasteiger partial charge in [-0.25, -0.2) is 0 Å². The lowest BCUT2D eigenvalue weighted by Crippen LogP contribution is -2.38. The summed E-state index contributed by atoms with van der Waals surface area (Å²) in [4.78, 5) is 23.0. The molecule has 3 N–H and O–H groups in total. The number of ether oxygens (including phenoxy) is 1. The van der Waals surface area contributed by atoms with Crippen LogP contribution in [0.15, 0.2) is 18.2 Å². The molecular weight excluding hydrogens is 274 g/mol. The lowest BCUT2D eigenvalue weighted by molar-refractivity contribution is -0.142. The van der Waals surface area contributed by atoms with Crippen molar-refractivity contribution in [3.05, 3.63) is 23.8 Å². The fourth-order valence-electron chi connectivity index (χ4n) is 2.58. The Morgan fingerprint density at radius 1 is 1.24 bits per heavy atom. The molecular formula is C15H19NO5. The summed E-state index contributed by atoms with van der Waals surface area (Å²) in [5, 5.41) is 21.5. The number of carbonyl (C=O) groups is 2. The Labute approximate surface area is 122 Å². The molecule has 1 aromatic carbocycles. The first-order valence-corrected chi connectivity index (χ1v) is 6.92. The summed E-state index contributed by atoms with van der Waals surface area (Å²) in [5.41, 5.74) is 0.355. The van der Waals surface area contributed by atoms with Gasteiger partial charge in [-0.05, 0) is 43.9 Å². The van der Waals surface area contributed by atoms with Crippen LogP contribution in [0, 0.1) is 5.92 Å². The lowest BCUT2D eigenvalue weighted by atomic mass is 9.86. The Hall–Kier alpha value is -2.24. The van der Waals surface area contributed by atoms with Crippen molar-refractivity contribution >= 4 is 11.9 Å². The van der Waals surface area contributed by atoms with Crippen LogP contribution in [0.3, 0.4) is 0 Å². The van der Waals surface area contributed by atoms with Crippen LogP contribution in [0.2, 0.25) is 0 Å². The van der Waals surface area contributed by atoms with E-state index in [4.69, 9.17) is 9.84 Å². The lowest BCUT2D eigenvalue weighted by Gasteiger charge is -2.26. The molecule has 21 heavy (non-hydrogen) atoms. The van der Waals surface area contributed by atoms with Gasteiger partial charge in [0.15, 0.2) is 11.5 Å². The van der Waals surface area contributed by atoms with E-state index in [0.717, 1.165) is 0 Å². The van der Waals surface area contributed by atoms with Gasteiger partial charge in [0.25, 0.3) is 5.91 Å². The predicted molar refractivity (Wildman–Crippen MR) is 75.5 cm³/mol. The van der Waals surface area contributed by atoms with Crippen molar-refractivity contribution in [1.29, 1.82) is 0 Å². The molecule has 0 radical (unpaired) electrons. The Morgan fingerprint density at radius 2 is 1.90 bits per heavy atom. The largest absolute Gasteiger partial charge is 0.504 e. The maximum Gasteiger partial charge on any atom is 0.306 e. The van der Waals surface area contributed by atoms with E-state index < -0.39 is 5.97 Å². The van der Waals surface area contributed by atoms with Crippen LogP contribution in [0.25, 0.3) is 0 Å². The number of hydrogen-bond acceptors (Lipinski definition) is 4. The summed E-state index contributed by atoms with van der Waals surface area (Å²) in [6, 6.07) is 4.46. The molecule has 0 aromatic heterocycles. The van der Waals surface area contributed by atoms with Gasteiger partial charge in [-0.1, -0.05) is 0 Å². The molecule has 6 heteroatoms. The van der Waals surface area contributed by atoms with Gasteiger partial charge in [0, 0.05) is 11.6 Å². The molecule has 1 aliphatic carbocycles. The summed E-state index contributed by atoms with van der Waals surface area (Å²) in [7, 11) is 1.44. The van der Waals surface area contributed by atoms with E-state index in [1.54, 1.807) is 6.07 Å². The third-order valence-electron chi connectivity index (χ3n) is 3.85. The van der Waals surface area contributed by atoms with E-state index in [1.807, 2.05) is 0 Å². The standard InChI is InChI=1S/C15H19NO5/c1-21-13-7-4-10(8-12(13)17)14(18)16-11-5-2-9(3-6-11)15(19)20/h4,7-9,11,17H,2-3,5-6H2,1H3,(H,16,18)(H,19,20). The zero-order valence-corrected chi connectivity index (χ0v) is 11.8. The summed E-state index contributed by atoms with van der Waals surface area (Å²) in [5.74, 6) is -1.11. The molecule has 1 amide bonds. The molecule has 2 rings (SSSR count). The number of carboxylic acid groups (broad SMARTS) is 1. The number of carbonyl (C=O) groups excluding carboxylic acids is 1. The van der Waals surface area contributed by atoms with Gasteiger partial charge in [-0.3, -0.25) is 9.59 Å². The molecule has 0 aliphatic heterocycles. The number of nitrogens with one attached hydrogen (secondary N) is 1. The number of phenolic OH excluding ortho intramolecular Hbond substituents is 1. The Morgan fingerprint density at radius 3 is 2.43 bits per heavy atom. The summed E-state index contributed by atoms with van der Waals surface area (Å²) in [6.07, 6.45) is 2.47. The van der Waals surface area contributed by atoms with Crippen molar-refractivity contribution < 1.29 is 24.5 Å². The SMILES string of the molecule is COc1ccc(C(=O)NC2CCC(C(=O)O)CC2)cc1O. The molecule has 0 heterocycles. The second kappa shape index (κ2) is 6.47. The van der Waals surface area contributed by atoms with E-state index in [9.17, 15) is 14.7 Å². The van der Waals surface area contributed by atoms with E-state index in [2.05, 4.69) is 5.32 Å². The minimum atomic E-state index is -0.764. The number of carboxylic acids is 1. The van der Waals surface area contributed by atoms with Crippen LogP contribution in [0.1, 0.15) is 36.0 Å². The topological polar surface area (TPSA) is 95.9 Å². The van der Waals surface area contributed by atoms with Gasteiger partial charge in [-0.2, -0.15) is 0 Å². The third-order valence-corrected chi connectivity index (χ3v) is 3.85. The van der Waals surface area contributed by atoms with Gasteiger partial charge < -0.3 is 20.3 Å². The van der Waals surface area contributed by atoms with Crippen molar-refractivity contribution in [2.45, 2.75) is 31.7 Å². The molecule has 6 nitrogen and oxygen atoms in total. The quantitative estimate of drug-likeness (QED) is 0.786. The fourth-order valence-corrected chi connectivity index (χ4v) is 2.58. The first-order valence-electron chi connectivity index (χ1n) is 6.92. The highest BCUT2D eigenvalue weighted by Crippen LogP contribution is 2.27. The number of phenols is 1. The van der Waals surface area contributed by atoms with Crippen LogP contribution >= 0.6 is 0 Å². The Bertz CT molecular complexity index is 535. The van der Waals surface area contributed by atoms with E-state index in [-0.39, 0.29) is 23.6 Å². The number of rotatable bonds is 4. The maximum absolute atomic E-state index is 12.1. The molecule has 0 bridgehead atoms. The molecule has 1 aromatic rings. The second-order valence-electron chi connectivity index (χ2n) is 5.25. The second-order valence-corrected chi connectivity index (χ2v) is 5.25. The molecule has 114 valence electrons. The predicted octanol–water partition coefficient (Wildman–Crippen LogP) is 1.77. The molecule has 0 spiro atoms. The van der Waals surface area contributed by atoms with Crippen molar-refractivity contribution in [3.8, 4) is 11.5 Å². The number of aromatic hydroxyl groups is 1. The molecule has 0 atom stereocenters. The highest BCUT2D eigenvalue weighted by molar-refractivity contribution is 5.95. The average Bonchev–Trinajstić information content (AvgIpc) is 2.47. The molecule has 0 saturated heterocycles. The van der Waals surface area contributed by atoms with Crippen molar-refractivity contribution in [2.24, 2.45) is 5.92 Å². The van der Waals surface area contributed by atoms with Gasteiger partial charge in [-0.15, -0.1) is 0 Å². The van der Waals surface area contributed by atoms with Crippen molar-refractivity contribution in [2.75, 3.05) is 7.11 Å². The van der Waals surface area contributed by atoms with Crippen molar-refractivity contribution in [1.82, 2.24) is 5.32 Å². The number of methoxy groups -OCH3 is 1. The minimum Gasteiger partial charge on any atom is -0.504 e. The summed E-state index contributed by atoms with van der Waals surface area (Å²) < 4.78 is 4.93. The van der Waals surface area contributed by atoms with Crippen LogP contribution in [0.4, 0.5) is 0 Å². The first kappa shape index (κ1) is 15.2. The molecule has 1 fully saturated rings. The van der Waals surface area contributed by atoms with Gasteiger partial charge in [0.2, 0.25) is 0 Å². The highest BCUT2D eigenvalue weighted by atomic mass is 16.5. The highest BCUT2D eigenvalue weighted by Gasteiger charge is 2.26. The fraction of sp³-hybridized carbons (Fsp3) is 0.467. The number of benzene rings is 1. The van der Waals surface area contributed by atoms with Gasteiger partial charge >= 0.3 is 5.97 Å². The Balaban J connectivity index is 1.93.